The van der Waals surface area contributed by atoms with Crippen LogP contribution in [0.2, 0.25) is 0 Å². The number of hydrogen-bond acceptors (Lipinski definition) is 13. The van der Waals surface area contributed by atoms with Gasteiger partial charge >= 0.3 is 23.5 Å². The summed E-state index contributed by atoms with van der Waals surface area (Å²) in [5.74, 6) is -0.562. The van der Waals surface area contributed by atoms with Crippen LogP contribution in [-0.4, -0.2) is 59.3 Å². The summed E-state index contributed by atoms with van der Waals surface area (Å²) >= 11 is 5.30. The first-order valence-corrected chi connectivity index (χ1v) is 13.6. The van der Waals surface area contributed by atoms with Crippen LogP contribution >= 0.6 is 35.7 Å². The van der Waals surface area contributed by atoms with Crippen LogP contribution in [-0.2, 0) is 31.6 Å². The molecule has 1 aliphatic heterocycles. The first-order chi connectivity index (χ1) is 15.1. The molecule has 0 spiro atoms. The number of aliphatic hydroxyl groups is 2. The van der Waals surface area contributed by atoms with Crippen molar-refractivity contribution in [3.05, 3.63) is 40.9 Å². The van der Waals surface area contributed by atoms with E-state index < -0.39 is 60.4 Å². The van der Waals surface area contributed by atoms with Crippen LogP contribution in [0.4, 0.5) is 4.39 Å². The number of benzene rings is 1. The predicted octanol–water partition coefficient (Wildman–Crippen LogP) is 1.96. The molecule has 2 heterocycles. The molecule has 2 aromatic rings. The van der Waals surface area contributed by atoms with Crippen molar-refractivity contribution in [3.8, 4) is 0 Å². The van der Waals surface area contributed by atoms with Crippen molar-refractivity contribution in [1.82, 2.24) is 23.0 Å². The van der Waals surface area contributed by atoms with Gasteiger partial charge in [0.1, 0.15) is 28.8 Å². The Morgan fingerprint density at radius 1 is 0.972 bits per heavy atom. The van der Waals surface area contributed by atoms with E-state index in [0.29, 0.717) is 10.8 Å². The highest BCUT2D eigenvalue weighted by Gasteiger charge is 2.46. The van der Waals surface area contributed by atoms with Gasteiger partial charge in [-0.25, -0.2) is 18.1 Å². The molecular weight excluding hydrogens is 576 g/mol. The van der Waals surface area contributed by atoms with E-state index in [4.69, 9.17) is 31.6 Å². The molecule has 0 bridgehead atoms. The van der Waals surface area contributed by atoms with Gasteiger partial charge in [0.05, 0.1) is 6.61 Å². The second-order valence-corrected chi connectivity index (χ2v) is 11.5. The van der Waals surface area contributed by atoms with Crippen molar-refractivity contribution >= 4 is 46.5 Å². The van der Waals surface area contributed by atoms with Crippen LogP contribution in [0.25, 0.3) is 10.8 Å². The van der Waals surface area contributed by atoms with Gasteiger partial charge in [-0.1, -0.05) is 18.3 Å². The maximum absolute atomic E-state index is 13.6. The van der Waals surface area contributed by atoms with Gasteiger partial charge in [-0.15, -0.1) is 0 Å². The number of hydrogen-bond donors (Lipinski definition) is 9. The summed E-state index contributed by atoms with van der Waals surface area (Å²) in [6.07, 6.45) is -4.73. The zero-order valence-electron chi connectivity index (χ0n) is 18.1. The molecule has 208 valence electrons. The van der Waals surface area contributed by atoms with E-state index in [1.165, 1.54) is 29.0 Å². The van der Waals surface area contributed by atoms with Gasteiger partial charge in [0.2, 0.25) is 0 Å². The third kappa shape index (κ3) is 8.49. The summed E-state index contributed by atoms with van der Waals surface area (Å²) in [7, 11) is -16.7. The second kappa shape index (κ2) is 12.7. The van der Waals surface area contributed by atoms with E-state index in [0.717, 1.165) is 0 Å². The Bertz CT molecular complexity index is 1260. The Morgan fingerprint density at radius 2 is 1.58 bits per heavy atom. The normalized spacial score (nSPS) is 25.1. The van der Waals surface area contributed by atoms with Gasteiger partial charge < -0.3 is 57.5 Å². The molecule has 15 N–H and O–H groups in total. The fourth-order valence-corrected chi connectivity index (χ4v) is 6.37. The Labute approximate surface area is 207 Å². The molecule has 0 amide bonds. The first kappa shape index (κ1) is 35.0. The van der Waals surface area contributed by atoms with Crippen molar-refractivity contribution in [2.75, 3.05) is 6.61 Å². The largest absolute Gasteiger partial charge is 0.490 e. The zero-order chi connectivity index (χ0) is 24.8. The number of pyridine rings is 1. The summed E-state index contributed by atoms with van der Waals surface area (Å²) in [5.41, 5.74) is 0. The number of aromatic nitrogens is 1. The van der Waals surface area contributed by atoms with Gasteiger partial charge in [0, 0.05) is 11.6 Å². The predicted molar refractivity (Wildman–Crippen MR) is 124 cm³/mol. The quantitative estimate of drug-likeness (QED) is 0.154. The number of nitrogens with zero attached hydrogens (tertiary/aromatic N) is 1. The van der Waals surface area contributed by atoms with Crippen LogP contribution in [0.15, 0.2) is 30.5 Å². The average Bonchev–Trinajstić information content (AvgIpc) is 2.93. The Morgan fingerprint density at radius 3 is 2.17 bits per heavy atom. The van der Waals surface area contributed by atoms with Gasteiger partial charge in [-0.05, 0) is 23.6 Å². The van der Waals surface area contributed by atoms with E-state index in [-0.39, 0.29) is 23.1 Å². The van der Waals surface area contributed by atoms with E-state index in [9.17, 15) is 33.2 Å². The zero-order valence-corrected chi connectivity index (χ0v) is 21.6. The van der Waals surface area contributed by atoms with Gasteiger partial charge in [0.15, 0.2) is 6.23 Å². The summed E-state index contributed by atoms with van der Waals surface area (Å²) in [5, 5.41) is 21.5. The molecular formula is C14H26FN4O13P3S. The summed E-state index contributed by atoms with van der Waals surface area (Å²) < 4.78 is 65.7. The smallest absolute Gasteiger partial charge is 0.387 e. The summed E-state index contributed by atoms with van der Waals surface area (Å²) in [4.78, 5) is 35.7. The minimum absolute atomic E-state index is 0. The molecule has 3 rings (SSSR count). The third-order valence-electron chi connectivity index (χ3n) is 4.32. The molecule has 1 aromatic heterocycles. The lowest BCUT2D eigenvalue weighted by Crippen LogP contribution is -2.33. The molecule has 36 heavy (non-hydrogen) atoms. The summed E-state index contributed by atoms with van der Waals surface area (Å²) in [6, 6.07) is 5.42. The van der Waals surface area contributed by atoms with Gasteiger partial charge in [-0.3, -0.25) is 4.52 Å². The van der Waals surface area contributed by atoms with Crippen LogP contribution in [0.1, 0.15) is 6.23 Å². The Hall–Kier alpha value is -1.05. The Kier molecular flexibility index (Phi) is 12.3. The highest BCUT2D eigenvalue weighted by atomic mass is 32.1. The maximum Gasteiger partial charge on any atom is 0.490 e. The molecule has 2 unspecified atom stereocenters. The molecule has 0 aliphatic carbocycles. The number of phosphoric ester groups is 1. The molecule has 1 saturated heterocycles. The second-order valence-electron chi connectivity index (χ2n) is 6.69. The highest BCUT2D eigenvalue weighted by Crippen LogP contribution is 2.66. The van der Waals surface area contributed by atoms with Crippen molar-refractivity contribution in [3.63, 3.8) is 0 Å². The van der Waals surface area contributed by atoms with Crippen LogP contribution < -0.4 is 18.5 Å². The van der Waals surface area contributed by atoms with E-state index >= 15 is 0 Å². The standard InChI is InChI=1S/C14H17FNO13P3S.3H3N/c15-8-2-1-7-3-4-16(14(33)9(7)5-8)13-12(18)11(17)10(27-13)6-26-31(22,23)29-32(24,25)28-30(19,20)21;;;/h1-5,10-13,17-18H,6H2,(H,22,23)(H,24,25)(H2,19,20,21);3*1H3/t10-,11+,12+,13-;;;/m0.../s1. The monoisotopic (exact) mass is 602 g/mol. The number of rotatable bonds is 8. The Balaban J connectivity index is 0.00000408. The molecule has 22 heteroatoms. The van der Waals surface area contributed by atoms with Gasteiger partial charge in [0.25, 0.3) is 0 Å². The fourth-order valence-electron chi connectivity index (χ4n) is 2.99. The molecule has 0 saturated carbocycles. The maximum atomic E-state index is 13.6. The van der Waals surface area contributed by atoms with Crippen molar-refractivity contribution in [1.29, 1.82) is 0 Å². The number of phosphoric acid groups is 3. The lowest BCUT2D eigenvalue weighted by Gasteiger charge is -2.20. The molecule has 0 radical (unpaired) electrons. The molecule has 1 aliphatic rings. The topological polar surface area (TPSA) is 319 Å². The molecule has 6 atom stereocenters. The van der Waals surface area contributed by atoms with E-state index in [2.05, 4.69) is 13.1 Å². The number of halogens is 1. The van der Waals surface area contributed by atoms with Gasteiger partial charge in [-0.2, -0.15) is 8.62 Å². The van der Waals surface area contributed by atoms with E-state index in [1.54, 1.807) is 6.07 Å². The number of aliphatic hydroxyl groups excluding tert-OH is 2. The van der Waals surface area contributed by atoms with E-state index in [1.807, 2.05) is 0 Å². The molecule has 17 nitrogen and oxygen atoms in total. The minimum Gasteiger partial charge on any atom is -0.387 e. The van der Waals surface area contributed by atoms with Crippen LogP contribution in [0.3, 0.4) is 0 Å². The minimum atomic E-state index is -5.72. The summed E-state index contributed by atoms with van der Waals surface area (Å²) in [6.45, 7) is -0.978. The SMILES string of the molecule is N.N.N.O=P(O)(O)OP(=O)(O)OP(=O)(O)OC[C@@H]1O[C@H](n2ccc3ccc(F)cc3c2=S)[C@H](O)[C@@H]1O. The fraction of sp³-hybridized carbons (Fsp3) is 0.357. The number of fused-ring (bicyclic) bond motifs is 1. The molecule has 1 aromatic carbocycles. The van der Waals surface area contributed by atoms with Crippen molar-refractivity contribution < 1.29 is 65.8 Å². The van der Waals surface area contributed by atoms with Crippen LogP contribution in [0, 0.1) is 10.5 Å². The highest BCUT2D eigenvalue weighted by molar-refractivity contribution is 7.71. The third-order valence-corrected chi connectivity index (χ3v) is 8.56. The van der Waals surface area contributed by atoms with Crippen molar-refractivity contribution in [2.24, 2.45) is 0 Å². The first-order valence-electron chi connectivity index (χ1n) is 8.69. The number of ether oxygens (including phenoxy) is 1. The molecule has 1 fully saturated rings. The average molecular weight is 602 g/mol. The van der Waals surface area contributed by atoms with Crippen LogP contribution in [0.5, 0.6) is 0 Å². The lowest BCUT2D eigenvalue weighted by molar-refractivity contribution is -0.0525. The van der Waals surface area contributed by atoms with Crippen molar-refractivity contribution in [2.45, 2.75) is 24.5 Å². The lowest BCUT2D eigenvalue weighted by atomic mass is 10.1.